The fourth-order valence-corrected chi connectivity index (χ4v) is 4.30. The molecule has 0 saturated carbocycles. The number of nitrogens with zero attached hydrogens (tertiary/aromatic N) is 4. The number of β-amino-alcohol motifs (C(OH)–C–C–N with tert-alkyl or cyclic N) is 1. The van der Waals surface area contributed by atoms with Gasteiger partial charge in [-0.2, -0.15) is 26.3 Å². The molecule has 4 heterocycles. The maximum absolute atomic E-state index is 13.8. The molecule has 43 heavy (non-hydrogen) atoms. The summed E-state index contributed by atoms with van der Waals surface area (Å²) in [5.74, 6) is -3.31. The van der Waals surface area contributed by atoms with Crippen molar-refractivity contribution in [1.82, 2.24) is 14.5 Å². The monoisotopic (exact) mass is 633 g/mol. The minimum atomic E-state index is -5.08. The van der Waals surface area contributed by atoms with Crippen molar-refractivity contribution >= 4 is 46.0 Å². The first kappa shape index (κ1) is 31.5. The Morgan fingerprint density at radius 3 is 2.23 bits per heavy atom. The molecule has 0 spiro atoms. The van der Waals surface area contributed by atoms with Crippen molar-refractivity contribution in [2.45, 2.75) is 25.0 Å². The molecule has 228 valence electrons. The molecule has 4 aromatic rings. The fourth-order valence-electron chi connectivity index (χ4n) is 4.04. The normalized spacial score (nSPS) is 13.7. The van der Waals surface area contributed by atoms with E-state index in [1.165, 1.54) is 29.0 Å². The van der Waals surface area contributed by atoms with Crippen molar-refractivity contribution in [3.63, 3.8) is 0 Å². The second-order valence-electron chi connectivity index (χ2n) is 9.25. The molecule has 9 nitrogen and oxygen atoms in total. The second-order valence-corrected chi connectivity index (χ2v) is 9.69. The number of aliphatic carboxylic acids is 1. The number of aromatic nitrogens is 3. The molecule has 0 radical (unpaired) electrons. The van der Waals surface area contributed by atoms with E-state index in [-0.39, 0.29) is 28.5 Å². The van der Waals surface area contributed by atoms with E-state index >= 15 is 0 Å². The van der Waals surface area contributed by atoms with Gasteiger partial charge < -0.3 is 25.0 Å². The molecule has 1 aromatic carbocycles. The summed E-state index contributed by atoms with van der Waals surface area (Å²) in [6.45, 7) is 0.785. The van der Waals surface area contributed by atoms with Gasteiger partial charge in [0, 0.05) is 30.0 Å². The Labute approximate surface area is 242 Å². The number of halogens is 8. The van der Waals surface area contributed by atoms with Crippen LogP contribution in [0.15, 0.2) is 54.9 Å². The van der Waals surface area contributed by atoms with E-state index in [2.05, 4.69) is 15.3 Å². The van der Waals surface area contributed by atoms with Gasteiger partial charge in [-0.15, -0.1) is 0 Å². The molecule has 1 saturated heterocycles. The van der Waals surface area contributed by atoms with Gasteiger partial charge in [-0.1, -0.05) is 11.6 Å². The zero-order valence-corrected chi connectivity index (χ0v) is 22.2. The quantitative estimate of drug-likeness (QED) is 0.253. The number of rotatable bonds is 5. The van der Waals surface area contributed by atoms with E-state index in [1.807, 2.05) is 4.90 Å². The Kier molecular flexibility index (Phi) is 8.82. The minimum absolute atomic E-state index is 0.0616. The maximum atomic E-state index is 13.8. The van der Waals surface area contributed by atoms with Crippen molar-refractivity contribution in [2.24, 2.45) is 0 Å². The number of pyridine rings is 2. The first-order valence-electron chi connectivity index (χ1n) is 12.0. The highest BCUT2D eigenvalue weighted by Gasteiger charge is 2.38. The molecule has 3 N–H and O–H groups in total. The molecule has 0 unspecified atom stereocenters. The molecule has 1 amide bonds. The fraction of sp³-hybridized carbons (Fsp3) is 0.231. The van der Waals surface area contributed by atoms with E-state index in [9.17, 15) is 40.6 Å². The lowest BCUT2D eigenvalue weighted by Gasteiger charge is -2.36. The van der Waals surface area contributed by atoms with Crippen molar-refractivity contribution in [1.29, 1.82) is 0 Å². The first-order chi connectivity index (χ1) is 20.0. The van der Waals surface area contributed by atoms with Crippen LogP contribution in [0.4, 0.5) is 42.2 Å². The predicted octanol–water partition coefficient (Wildman–Crippen LogP) is 5.36. The van der Waals surface area contributed by atoms with Gasteiger partial charge in [0.05, 0.1) is 29.7 Å². The Morgan fingerprint density at radius 1 is 1.00 bits per heavy atom. The van der Waals surface area contributed by atoms with Gasteiger partial charge >= 0.3 is 18.3 Å². The summed E-state index contributed by atoms with van der Waals surface area (Å²) in [6, 6.07) is 9.06. The standard InChI is InChI=1S/C24H18ClF4N5O2.C2HF3O2/c25-16-4-13(3-15(7-16)24(27,28)29)10-34-20(6-14-5-17(26)8-31-22(14)34)23(36)32-18-1-2-21(30-9-18)33-11-19(35)12-33;3-2(4,5)1(6)7/h1-9,19,35H,10-12H2,(H,32,36);(H,6,7). The molecule has 5 rings (SSSR count). The van der Waals surface area contributed by atoms with E-state index in [0.717, 1.165) is 18.3 Å². The van der Waals surface area contributed by atoms with E-state index in [0.29, 0.717) is 30.0 Å². The summed E-state index contributed by atoms with van der Waals surface area (Å²) < 4.78 is 86.8. The van der Waals surface area contributed by atoms with Gasteiger partial charge in [-0.3, -0.25) is 4.79 Å². The van der Waals surface area contributed by atoms with Crippen LogP contribution in [0.25, 0.3) is 11.0 Å². The number of hydrogen-bond donors (Lipinski definition) is 3. The predicted molar refractivity (Wildman–Crippen MR) is 139 cm³/mol. The Bertz CT molecular complexity index is 1650. The Balaban J connectivity index is 0.000000541. The summed E-state index contributed by atoms with van der Waals surface area (Å²) >= 11 is 5.92. The van der Waals surface area contributed by atoms with Gasteiger partial charge in [0.25, 0.3) is 5.91 Å². The average Bonchev–Trinajstić information content (AvgIpc) is 3.23. The SMILES string of the molecule is O=C(Nc1ccc(N2CC(O)C2)nc1)c1cc2cc(F)cnc2n1Cc1cc(Cl)cc(C(F)(F)F)c1.O=C(O)C(F)(F)F. The number of anilines is 2. The lowest BCUT2D eigenvalue weighted by Crippen LogP contribution is -2.51. The molecular weight excluding hydrogens is 615 g/mol. The van der Waals surface area contributed by atoms with E-state index < -0.39 is 41.7 Å². The molecule has 3 aromatic heterocycles. The summed E-state index contributed by atoms with van der Waals surface area (Å²) in [5, 5.41) is 19.5. The Morgan fingerprint density at radius 2 is 1.67 bits per heavy atom. The number of fused-ring (bicyclic) bond motifs is 1. The Hall–Kier alpha value is -4.44. The maximum Gasteiger partial charge on any atom is 0.490 e. The van der Waals surface area contributed by atoms with Gasteiger partial charge in [-0.05, 0) is 48.0 Å². The number of carbonyl (C=O) groups excluding carboxylic acids is 1. The van der Waals surface area contributed by atoms with Crippen LogP contribution >= 0.6 is 11.6 Å². The summed E-state index contributed by atoms with van der Waals surface area (Å²) in [7, 11) is 0. The number of carboxylic acid groups (broad SMARTS) is 1. The third-order valence-corrected chi connectivity index (χ3v) is 6.21. The number of carbonyl (C=O) groups is 2. The van der Waals surface area contributed by atoms with Crippen molar-refractivity contribution < 1.29 is 50.5 Å². The smallest absolute Gasteiger partial charge is 0.475 e. The van der Waals surface area contributed by atoms with Crippen LogP contribution in [0.1, 0.15) is 21.6 Å². The number of benzene rings is 1. The van der Waals surface area contributed by atoms with Crippen LogP contribution in [0.5, 0.6) is 0 Å². The summed E-state index contributed by atoms with van der Waals surface area (Å²) in [5.41, 5.74) is -0.0723. The van der Waals surface area contributed by atoms with Crippen LogP contribution < -0.4 is 10.2 Å². The summed E-state index contributed by atoms with van der Waals surface area (Å²) in [6.07, 6.45) is -7.66. The topological polar surface area (TPSA) is 121 Å². The van der Waals surface area contributed by atoms with Crippen molar-refractivity contribution in [2.75, 3.05) is 23.3 Å². The molecule has 17 heteroatoms. The number of aliphatic hydroxyl groups is 1. The lowest BCUT2D eigenvalue weighted by molar-refractivity contribution is -0.192. The van der Waals surface area contributed by atoms with Gasteiger partial charge in [0.15, 0.2) is 0 Å². The van der Waals surface area contributed by atoms with Crippen LogP contribution in [-0.2, 0) is 17.5 Å². The highest BCUT2D eigenvalue weighted by molar-refractivity contribution is 6.30. The van der Waals surface area contributed by atoms with Crippen molar-refractivity contribution in [3.05, 3.63) is 82.5 Å². The lowest BCUT2D eigenvalue weighted by atomic mass is 10.1. The molecule has 0 aliphatic carbocycles. The largest absolute Gasteiger partial charge is 0.490 e. The molecule has 0 bridgehead atoms. The molecule has 1 aliphatic heterocycles. The second kappa shape index (κ2) is 12.0. The third-order valence-electron chi connectivity index (χ3n) is 5.99. The highest BCUT2D eigenvalue weighted by atomic mass is 35.5. The number of alkyl halides is 6. The summed E-state index contributed by atoms with van der Waals surface area (Å²) in [4.78, 5) is 32.3. The van der Waals surface area contributed by atoms with Gasteiger partial charge in [-0.25, -0.2) is 19.2 Å². The van der Waals surface area contributed by atoms with Crippen molar-refractivity contribution in [3.8, 4) is 0 Å². The first-order valence-corrected chi connectivity index (χ1v) is 12.4. The molecule has 1 fully saturated rings. The van der Waals surface area contributed by atoms with E-state index in [1.54, 1.807) is 12.1 Å². The number of amides is 1. The molecular formula is C26H19ClF7N5O4. The zero-order valence-electron chi connectivity index (χ0n) is 21.4. The number of aliphatic hydroxyl groups excluding tert-OH is 1. The third kappa shape index (κ3) is 7.70. The average molecular weight is 634 g/mol. The zero-order chi connectivity index (χ0) is 31.7. The number of carboxylic acids is 1. The van der Waals surface area contributed by atoms with Crippen LogP contribution in [-0.4, -0.2) is 62.0 Å². The number of hydrogen-bond acceptors (Lipinski definition) is 6. The van der Waals surface area contributed by atoms with Gasteiger partial charge in [0.2, 0.25) is 0 Å². The minimum Gasteiger partial charge on any atom is -0.475 e. The van der Waals surface area contributed by atoms with E-state index in [4.69, 9.17) is 21.5 Å². The van der Waals surface area contributed by atoms with Crippen LogP contribution in [0.2, 0.25) is 5.02 Å². The molecule has 0 atom stereocenters. The highest BCUT2D eigenvalue weighted by Crippen LogP contribution is 2.33. The molecule has 1 aliphatic rings. The van der Waals surface area contributed by atoms with Gasteiger partial charge in [0.1, 0.15) is 23.0 Å². The number of nitrogens with one attached hydrogen (secondary N) is 1. The van der Waals surface area contributed by atoms with Crippen LogP contribution in [0, 0.1) is 5.82 Å². The van der Waals surface area contributed by atoms with Crippen LogP contribution in [0.3, 0.4) is 0 Å².